The van der Waals surface area contributed by atoms with Crippen LogP contribution in [0.15, 0.2) is 0 Å². The van der Waals surface area contributed by atoms with E-state index in [1.165, 1.54) is 12.8 Å². The van der Waals surface area contributed by atoms with E-state index in [-0.39, 0.29) is 12.5 Å². The van der Waals surface area contributed by atoms with Gasteiger partial charge in [-0.1, -0.05) is 19.8 Å². The van der Waals surface area contributed by atoms with Crippen molar-refractivity contribution in [2.75, 3.05) is 20.2 Å². The van der Waals surface area contributed by atoms with Crippen molar-refractivity contribution in [3.8, 4) is 0 Å². The number of aliphatic hydroxyl groups is 1. The van der Waals surface area contributed by atoms with Crippen LogP contribution in [0.4, 0.5) is 0 Å². The molecule has 0 aliphatic carbocycles. The summed E-state index contributed by atoms with van der Waals surface area (Å²) in [5, 5.41) is 8.54. The molecule has 0 aromatic carbocycles. The van der Waals surface area contributed by atoms with E-state index in [2.05, 4.69) is 6.92 Å². The summed E-state index contributed by atoms with van der Waals surface area (Å²) in [6.45, 7) is 3.10. The van der Waals surface area contributed by atoms with E-state index in [0.717, 1.165) is 13.0 Å². The molecule has 1 amide bonds. The smallest absolute Gasteiger partial charge is 0.222 e. The van der Waals surface area contributed by atoms with Gasteiger partial charge in [-0.05, 0) is 12.8 Å². The second-order valence-electron chi connectivity index (χ2n) is 3.35. The van der Waals surface area contributed by atoms with Gasteiger partial charge in [0.2, 0.25) is 5.91 Å². The van der Waals surface area contributed by atoms with Crippen molar-refractivity contribution in [3.05, 3.63) is 0 Å². The SMILES string of the molecule is CCCCCN(C)C(=O)CCCO. The van der Waals surface area contributed by atoms with Crippen molar-refractivity contribution >= 4 is 5.91 Å². The number of hydrogen-bond donors (Lipinski definition) is 1. The van der Waals surface area contributed by atoms with Crippen LogP contribution in [-0.2, 0) is 4.79 Å². The molecular weight excluding hydrogens is 166 g/mol. The van der Waals surface area contributed by atoms with Gasteiger partial charge in [-0.3, -0.25) is 4.79 Å². The zero-order valence-electron chi connectivity index (χ0n) is 8.75. The summed E-state index contributed by atoms with van der Waals surface area (Å²) in [6.07, 6.45) is 4.49. The number of unbranched alkanes of at least 4 members (excludes halogenated alkanes) is 2. The molecule has 0 saturated heterocycles. The van der Waals surface area contributed by atoms with E-state index in [4.69, 9.17) is 5.11 Å². The van der Waals surface area contributed by atoms with E-state index in [1.807, 2.05) is 7.05 Å². The van der Waals surface area contributed by atoms with Gasteiger partial charge in [-0.15, -0.1) is 0 Å². The zero-order chi connectivity index (χ0) is 10.1. The van der Waals surface area contributed by atoms with E-state index >= 15 is 0 Å². The topological polar surface area (TPSA) is 40.5 Å². The molecule has 0 atom stereocenters. The van der Waals surface area contributed by atoms with Crippen LogP contribution in [0.2, 0.25) is 0 Å². The summed E-state index contributed by atoms with van der Waals surface area (Å²) >= 11 is 0. The third-order valence-corrected chi connectivity index (χ3v) is 2.07. The molecule has 0 aliphatic rings. The Kier molecular flexibility index (Phi) is 7.69. The number of carbonyl (C=O) groups excluding carboxylic acids is 1. The molecule has 0 aromatic heterocycles. The van der Waals surface area contributed by atoms with E-state index in [9.17, 15) is 4.79 Å². The molecule has 1 N–H and O–H groups in total. The largest absolute Gasteiger partial charge is 0.396 e. The van der Waals surface area contributed by atoms with Gasteiger partial charge in [0.05, 0.1) is 0 Å². The van der Waals surface area contributed by atoms with Crippen molar-refractivity contribution in [1.82, 2.24) is 4.90 Å². The molecule has 0 heterocycles. The molecule has 13 heavy (non-hydrogen) atoms. The lowest BCUT2D eigenvalue weighted by Crippen LogP contribution is -2.27. The Balaban J connectivity index is 3.45. The highest BCUT2D eigenvalue weighted by atomic mass is 16.3. The monoisotopic (exact) mass is 187 g/mol. The van der Waals surface area contributed by atoms with Crippen molar-refractivity contribution < 1.29 is 9.90 Å². The Bertz CT molecular complexity index is 137. The molecule has 0 aromatic rings. The fraction of sp³-hybridized carbons (Fsp3) is 0.900. The van der Waals surface area contributed by atoms with Crippen LogP contribution < -0.4 is 0 Å². The third kappa shape index (κ3) is 6.58. The minimum Gasteiger partial charge on any atom is -0.396 e. The molecule has 0 fully saturated rings. The lowest BCUT2D eigenvalue weighted by atomic mass is 10.2. The maximum Gasteiger partial charge on any atom is 0.222 e. The summed E-state index contributed by atoms with van der Waals surface area (Å²) in [4.78, 5) is 13.1. The quantitative estimate of drug-likeness (QED) is 0.612. The summed E-state index contributed by atoms with van der Waals surface area (Å²) in [5.41, 5.74) is 0. The summed E-state index contributed by atoms with van der Waals surface area (Å²) in [6, 6.07) is 0. The fourth-order valence-electron chi connectivity index (χ4n) is 1.14. The molecule has 0 aliphatic heterocycles. The van der Waals surface area contributed by atoms with E-state index < -0.39 is 0 Å². The standard InChI is InChI=1S/C10H21NO2/c1-3-4-5-8-11(2)10(13)7-6-9-12/h12H,3-9H2,1-2H3. The van der Waals surface area contributed by atoms with Gasteiger partial charge >= 0.3 is 0 Å². The minimum absolute atomic E-state index is 0.106. The van der Waals surface area contributed by atoms with Crippen LogP contribution in [0, 0.1) is 0 Å². The Hall–Kier alpha value is -0.570. The Morgan fingerprint density at radius 2 is 2.00 bits per heavy atom. The Labute approximate surface area is 80.7 Å². The average Bonchev–Trinajstić information content (AvgIpc) is 2.14. The van der Waals surface area contributed by atoms with Gasteiger partial charge in [-0.2, -0.15) is 0 Å². The highest BCUT2D eigenvalue weighted by Gasteiger charge is 2.06. The second-order valence-corrected chi connectivity index (χ2v) is 3.35. The third-order valence-electron chi connectivity index (χ3n) is 2.07. The van der Waals surface area contributed by atoms with Gasteiger partial charge < -0.3 is 10.0 Å². The molecule has 78 valence electrons. The van der Waals surface area contributed by atoms with Crippen LogP contribution in [-0.4, -0.2) is 36.1 Å². The van der Waals surface area contributed by atoms with Gasteiger partial charge in [0, 0.05) is 26.6 Å². The molecule has 0 rings (SSSR count). The normalized spacial score (nSPS) is 10.1. The predicted molar refractivity (Wildman–Crippen MR) is 53.5 cm³/mol. The predicted octanol–water partition coefficient (Wildman–Crippen LogP) is 1.41. The summed E-state index contributed by atoms with van der Waals surface area (Å²) < 4.78 is 0. The van der Waals surface area contributed by atoms with Gasteiger partial charge in [-0.25, -0.2) is 0 Å². The Morgan fingerprint density at radius 3 is 2.54 bits per heavy atom. The number of carbonyl (C=O) groups is 1. The highest BCUT2D eigenvalue weighted by Crippen LogP contribution is 1.99. The van der Waals surface area contributed by atoms with Crippen molar-refractivity contribution in [2.24, 2.45) is 0 Å². The first kappa shape index (κ1) is 12.4. The van der Waals surface area contributed by atoms with E-state index in [1.54, 1.807) is 4.90 Å². The van der Waals surface area contributed by atoms with Gasteiger partial charge in [0.15, 0.2) is 0 Å². The molecule has 0 radical (unpaired) electrons. The van der Waals surface area contributed by atoms with Crippen LogP contribution in [0.5, 0.6) is 0 Å². The first-order chi connectivity index (χ1) is 6.22. The number of nitrogens with zero attached hydrogens (tertiary/aromatic N) is 1. The molecule has 3 heteroatoms. The summed E-state index contributed by atoms with van der Waals surface area (Å²) in [5.74, 6) is 0.144. The number of hydrogen-bond acceptors (Lipinski definition) is 2. The first-order valence-electron chi connectivity index (χ1n) is 5.07. The van der Waals surface area contributed by atoms with Crippen LogP contribution in [0.1, 0.15) is 39.0 Å². The fourth-order valence-corrected chi connectivity index (χ4v) is 1.14. The molecule has 0 saturated carbocycles. The number of amides is 1. The average molecular weight is 187 g/mol. The first-order valence-corrected chi connectivity index (χ1v) is 5.07. The lowest BCUT2D eigenvalue weighted by molar-refractivity contribution is -0.130. The maximum atomic E-state index is 11.3. The number of rotatable bonds is 7. The van der Waals surface area contributed by atoms with Crippen molar-refractivity contribution in [1.29, 1.82) is 0 Å². The van der Waals surface area contributed by atoms with Crippen LogP contribution >= 0.6 is 0 Å². The highest BCUT2D eigenvalue weighted by molar-refractivity contribution is 5.75. The molecule has 0 bridgehead atoms. The van der Waals surface area contributed by atoms with E-state index in [0.29, 0.717) is 12.8 Å². The van der Waals surface area contributed by atoms with Gasteiger partial charge in [0.25, 0.3) is 0 Å². The minimum atomic E-state index is 0.106. The van der Waals surface area contributed by atoms with Crippen molar-refractivity contribution in [2.45, 2.75) is 39.0 Å². The summed E-state index contributed by atoms with van der Waals surface area (Å²) in [7, 11) is 1.83. The maximum absolute atomic E-state index is 11.3. The molecular formula is C10H21NO2. The van der Waals surface area contributed by atoms with Crippen LogP contribution in [0.25, 0.3) is 0 Å². The van der Waals surface area contributed by atoms with Crippen LogP contribution in [0.3, 0.4) is 0 Å². The molecule has 3 nitrogen and oxygen atoms in total. The molecule has 0 unspecified atom stereocenters. The number of aliphatic hydroxyl groups excluding tert-OH is 1. The Morgan fingerprint density at radius 1 is 1.31 bits per heavy atom. The van der Waals surface area contributed by atoms with Crippen molar-refractivity contribution in [3.63, 3.8) is 0 Å². The second kappa shape index (κ2) is 8.05. The lowest BCUT2D eigenvalue weighted by Gasteiger charge is -2.16. The zero-order valence-corrected chi connectivity index (χ0v) is 8.75. The molecule has 0 spiro atoms. The van der Waals surface area contributed by atoms with Gasteiger partial charge in [0.1, 0.15) is 0 Å².